The van der Waals surface area contributed by atoms with Crippen LogP contribution < -0.4 is 5.32 Å². The average molecular weight is 189 g/mol. The smallest absolute Gasteiger partial charge is 0.0699 e. The predicted molar refractivity (Wildman–Crippen MR) is 54.8 cm³/mol. The molecule has 1 heterocycles. The summed E-state index contributed by atoms with van der Waals surface area (Å²) in [6.45, 7) is 3.12. The number of thioether (sulfide) groups is 1. The van der Waals surface area contributed by atoms with E-state index < -0.39 is 0 Å². The normalized spacial score (nSPS) is 24.2. The van der Waals surface area contributed by atoms with Crippen LogP contribution in [0.2, 0.25) is 0 Å². The van der Waals surface area contributed by atoms with Crippen LogP contribution in [-0.2, 0) is 4.74 Å². The molecule has 0 aromatic rings. The molecular formula is C9H19NOS. The van der Waals surface area contributed by atoms with Gasteiger partial charge in [-0.05, 0) is 25.5 Å². The van der Waals surface area contributed by atoms with E-state index in [1.807, 2.05) is 11.8 Å². The third-order valence-electron chi connectivity index (χ3n) is 2.13. The Morgan fingerprint density at radius 2 is 2.42 bits per heavy atom. The quantitative estimate of drug-likeness (QED) is 0.662. The second-order valence-electron chi connectivity index (χ2n) is 3.19. The van der Waals surface area contributed by atoms with E-state index in [-0.39, 0.29) is 0 Å². The van der Waals surface area contributed by atoms with Crippen molar-refractivity contribution in [3.8, 4) is 0 Å². The molecule has 12 heavy (non-hydrogen) atoms. The number of hydrogen-bond donors (Lipinski definition) is 1. The summed E-state index contributed by atoms with van der Waals surface area (Å²) < 4.78 is 5.59. The molecule has 0 aliphatic carbocycles. The summed E-state index contributed by atoms with van der Waals surface area (Å²) in [7, 11) is 0. The lowest BCUT2D eigenvalue weighted by molar-refractivity contribution is 0.0173. The zero-order chi connectivity index (χ0) is 8.65. The molecule has 72 valence electrons. The van der Waals surface area contributed by atoms with Gasteiger partial charge >= 0.3 is 0 Å². The van der Waals surface area contributed by atoms with Gasteiger partial charge in [0.15, 0.2) is 0 Å². The van der Waals surface area contributed by atoms with Crippen molar-refractivity contribution in [2.45, 2.75) is 25.4 Å². The van der Waals surface area contributed by atoms with Crippen LogP contribution in [0.5, 0.6) is 0 Å². The van der Waals surface area contributed by atoms with Crippen LogP contribution >= 0.6 is 11.8 Å². The van der Waals surface area contributed by atoms with Crippen LogP contribution in [0.15, 0.2) is 0 Å². The topological polar surface area (TPSA) is 21.3 Å². The summed E-state index contributed by atoms with van der Waals surface area (Å²) in [6.07, 6.45) is 6.46. The third kappa shape index (κ3) is 4.33. The Labute approximate surface area is 79.4 Å². The lowest BCUT2D eigenvalue weighted by Gasteiger charge is -2.22. The Hall–Kier alpha value is 0.270. The summed E-state index contributed by atoms with van der Waals surface area (Å²) in [5.74, 6) is 1.20. The van der Waals surface area contributed by atoms with Gasteiger partial charge in [0, 0.05) is 25.4 Å². The standard InChI is InChI=1S/C9H19NOS/c1-12-7-5-10-8-9-4-2-3-6-11-9/h9-10H,2-8H2,1H3. The van der Waals surface area contributed by atoms with Crippen LogP contribution in [-0.4, -0.2) is 37.8 Å². The fraction of sp³-hybridized carbons (Fsp3) is 1.00. The highest BCUT2D eigenvalue weighted by molar-refractivity contribution is 7.98. The molecule has 1 unspecified atom stereocenters. The number of ether oxygens (including phenoxy) is 1. The van der Waals surface area contributed by atoms with Crippen molar-refractivity contribution in [3.05, 3.63) is 0 Å². The zero-order valence-electron chi connectivity index (χ0n) is 7.84. The number of hydrogen-bond acceptors (Lipinski definition) is 3. The third-order valence-corrected chi connectivity index (χ3v) is 2.74. The molecule has 1 aliphatic rings. The van der Waals surface area contributed by atoms with E-state index >= 15 is 0 Å². The summed E-state index contributed by atoms with van der Waals surface area (Å²) >= 11 is 1.88. The highest BCUT2D eigenvalue weighted by Gasteiger charge is 2.12. The van der Waals surface area contributed by atoms with Crippen molar-refractivity contribution in [2.24, 2.45) is 0 Å². The van der Waals surface area contributed by atoms with Crippen LogP contribution in [0, 0.1) is 0 Å². The molecule has 0 aromatic heterocycles. The molecule has 0 saturated carbocycles. The maximum absolute atomic E-state index is 5.59. The van der Waals surface area contributed by atoms with Gasteiger partial charge in [-0.15, -0.1) is 0 Å². The first-order valence-corrected chi connectivity index (χ1v) is 6.14. The molecule has 0 spiro atoms. The van der Waals surface area contributed by atoms with E-state index in [0.717, 1.165) is 19.7 Å². The van der Waals surface area contributed by atoms with Gasteiger partial charge in [0.2, 0.25) is 0 Å². The molecule has 0 amide bonds. The highest BCUT2D eigenvalue weighted by atomic mass is 32.2. The SMILES string of the molecule is CSCCNCC1CCCCO1. The Morgan fingerprint density at radius 3 is 3.08 bits per heavy atom. The van der Waals surface area contributed by atoms with E-state index in [4.69, 9.17) is 4.74 Å². The summed E-state index contributed by atoms with van der Waals surface area (Å²) in [5, 5.41) is 3.41. The monoisotopic (exact) mass is 189 g/mol. The Bertz CT molecular complexity index is 105. The maximum atomic E-state index is 5.59. The number of rotatable bonds is 5. The van der Waals surface area contributed by atoms with E-state index in [1.165, 1.54) is 25.0 Å². The minimum absolute atomic E-state index is 0.487. The van der Waals surface area contributed by atoms with Crippen molar-refractivity contribution in [2.75, 3.05) is 31.7 Å². The van der Waals surface area contributed by atoms with Gasteiger partial charge in [-0.1, -0.05) is 0 Å². The molecule has 1 rings (SSSR count). The predicted octanol–water partition coefficient (Wildman–Crippen LogP) is 1.51. The van der Waals surface area contributed by atoms with Crippen LogP contribution in [0.3, 0.4) is 0 Å². The molecule has 1 aliphatic heterocycles. The van der Waals surface area contributed by atoms with Gasteiger partial charge in [0.1, 0.15) is 0 Å². The van der Waals surface area contributed by atoms with E-state index in [1.54, 1.807) is 0 Å². The fourth-order valence-electron chi connectivity index (χ4n) is 1.41. The molecule has 1 saturated heterocycles. The van der Waals surface area contributed by atoms with Crippen molar-refractivity contribution < 1.29 is 4.74 Å². The molecule has 1 N–H and O–H groups in total. The van der Waals surface area contributed by atoms with Gasteiger partial charge in [-0.3, -0.25) is 0 Å². The zero-order valence-corrected chi connectivity index (χ0v) is 8.66. The second kappa shape index (κ2) is 6.75. The van der Waals surface area contributed by atoms with E-state index in [9.17, 15) is 0 Å². The van der Waals surface area contributed by atoms with E-state index in [2.05, 4.69) is 11.6 Å². The first-order chi connectivity index (χ1) is 5.93. The van der Waals surface area contributed by atoms with Gasteiger partial charge in [-0.25, -0.2) is 0 Å². The number of nitrogens with one attached hydrogen (secondary N) is 1. The summed E-state index contributed by atoms with van der Waals surface area (Å²) in [5.41, 5.74) is 0. The second-order valence-corrected chi connectivity index (χ2v) is 4.17. The lowest BCUT2D eigenvalue weighted by atomic mass is 10.1. The van der Waals surface area contributed by atoms with Crippen molar-refractivity contribution in [1.82, 2.24) is 5.32 Å². The molecule has 0 radical (unpaired) electrons. The fourth-order valence-corrected chi connectivity index (χ4v) is 1.75. The largest absolute Gasteiger partial charge is 0.377 e. The summed E-state index contributed by atoms with van der Waals surface area (Å²) in [4.78, 5) is 0. The van der Waals surface area contributed by atoms with Crippen molar-refractivity contribution >= 4 is 11.8 Å². The van der Waals surface area contributed by atoms with Crippen molar-refractivity contribution in [1.29, 1.82) is 0 Å². The van der Waals surface area contributed by atoms with Gasteiger partial charge in [-0.2, -0.15) is 11.8 Å². The molecule has 0 bridgehead atoms. The maximum Gasteiger partial charge on any atom is 0.0699 e. The Kier molecular flexibility index (Phi) is 5.82. The van der Waals surface area contributed by atoms with Crippen LogP contribution in [0.1, 0.15) is 19.3 Å². The minimum Gasteiger partial charge on any atom is -0.377 e. The Balaban J connectivity index is 1.91. The highest BCUT2D eigenvalue weighted by Crippen LogP contribution is 2.11. The molecule has 2 nitrogen and oxygen atoms in total. The molecular weight excluding hydrogens is 170 g/mol. The summed E-state index contributed by atoms with van der Waals surface area (Å²) in [6, 6.07) is 0. The average Bonchev–Trinajstić information content (AvgIpc) is 2.14. The first kappa shape index (κ1) is 10.4. The minimum atomic E-state index is 0.487. The van der Waals surface area contributed by atoms with Gasteiger partial charge in [0.05, 0.1) is 6.10 Å². The molecule has 1 atom stereocenters. The first-order valence-electron chi connectivity index (χ1n) is 4.74. The van der Waals surface area contributed by atoms with Gasteiger partial charge < -0.3 is 10.1 Å². The molecule has 0 aromatic carbocycles. The Morgan fingerprint density at radius 1 is 1.50 bits per heavy atom. The molecule has 1 fully saturated rings. The lowest BCUT2D eigenvalue weighted by Crippen LogP contribution is -2.32. The van der Waals surface area contributed by atoms with E-state index in [0.29, 0.717) is 6.10 Å². The van der Waals surface area contributed by atoms with Crippen LogP contribution in [0.25, 0.3) is 0 Å². The van der Waals surface area contributed by atoms with Crippen molar-refractivity contribution in [3.63, 3.8) is 0 Å². The molecule has 3 heteroatoms. The van der Waals surface area contributed by atoms with Crippen LogP contribution in [0.4, 0.5) is 0 Å². The van der Waals surface area contributed by atoms with Gasteiger partial charge in [0.25, 0.3) is 0 Å².